The summed E-state index contributed by atoms with van der Waals surface area (Å²) in [6.45, 7) is 1.18. The number of methoxy groups -OCH3 is 1. The van der Waals surface area contributed by atoms with Crippen LogP contribution in [0.25, 0.3) is 0 Å². The van der Waals surface area contributed by atoms with Gasteiger partial charge < -0.3 is 19.1 Å². The molecular formula is C17H19N3O4. The van der Waals surface area contributed by atoms with Gasteiger partial charge in [0.05, 0.1) is 19.9 Å². The van der Waals surface area contributed by atoms with Crippen molar-refractivity contribution in [3.63, 3.8) is 0 Å². The van der Waals surface area contributed by atoms with Crippen molar-refractivity contribution >= 4 is 5.91 Å². The van der Waals surface area contributed by atoms with Crippen molar-refractivity contribution in [1.29, 1.82) is 0 Å². The number of likely N-dealkylation sites (tertiary alicyclic amines) is 1. The number of benzene rings is 1. The number of carbonyl (C=O) groups is 1. The zero-order valence-corrected chi connectivity index (χ0v) is 13.4. The molecule has 0 aliphatic carbocycles. The Labute approximate surface area is 140 Å². The van der Waals surface area contributed by atoms with E-state index in [-0.39, 0.29) is 18.6 Å². The highest BCUT2D eigenvalue weighted by Crippen LogP contribution is 2.18. The monoisotopic (exact) mass is 329 g/mol. The van der Waals surface area contributed by atoms with Crippen LogP contribution in [0.2, 0.25) is 0 Å². The number of ether oxygens (including phenoxy) is 3. The van der Waals surface area contributed by atoms with E-state index in [9.17, 15) is 4.79 Å². The van der Waals surface area contributed by atoms with Crippen LogP contribution >= 0.6 is 0 Å². The van der Waals surface area contributed by atoms with Crippen molar-refractivity contribution in [2.24, 2.45) is 0 Å². The molecular weight excluding hydrogens is 310 g/mol. The van der Waals surface area contributed by atoms with E-state index < -0.39 is 0 Å². The lowest BCUT2D eigenvalue weighted by Crippen LogP contribution is -2.34. The van der Waals surface area contributed by atoms with Gasteiger partial charge in [-0.1, -0.05) is 0 Å². The van der Waals surface area contributed by atoms with Crippen LogP contribution in [-0.4, -0.2) is 53.7 Å². The molecule has 1 fully saturated rings. The third kappa shape index (κ3) is 4.13. The van der Waals surface area contributed by atoms with E-state index in [0.717, 1.165) is 12.2 Å². The van der Waals surface area contributed by atoms with Gasteiger partial charge in [0, 0.05) is 25.4 Å². The second kappa shape index (κ2) is 7.63. The number of aromatic nitrogens is 2. The number of hydrogen-bond acceptors (Lipinski definition) is 6. The topological polar surface area (TPSA) is 73.8 Å². The van der Waals surface area contributed by atoms with Gasteiger partial charge in [0.25, 0.3) is 5.91 Å². The Morgan fingerprint density at radius 3 is 2.75 bits per heavy atom. The second-order valence-corrected chi connectivity index (χ2v) is 5.38. The highest BCUT2D eigenvalue weighted by Gasteiger charge is 2.28. The molecule has 2 aromatic rings. The molecule has 0 spiro atoms. The molecule has 0 saturated carbocycles. The first-order chi connectivity index (χ1) is 11.7. The summed E-state index contributed by atoms with van der Waals surface area (Å²) >= 11 is 0. The van der Waals surface area contributed by atoms with Crippen LogP contribution in [0.3, 0.4) is 0 Å². The molecule has 126 valence electrons. The molecule has 1 atom stereocenters. The van der Waals surface area contributed by atoms with Crippen molar-refractivity contribution < 1.29 is 19.0 Å². The Morgan fingerprint density at radius 1 is 1.25 bits per heavy atom. The summed E-state index contributed by atoms with van der Waals surface area (Å²) in [6.07, 6.45) is 5.44. The van der Waals surface area contributed by atoms with Crippen molar-refractivity contribution in [1.82, 2.24) is 14.9 Å². The van der Waals surface area contributed by atoms with E-state index in [4.69, 9.17) is 14.2 Å². The van der Waals surface area contributed by atoms with Crippen LogP contribution in [0.5, 0.6) is 17.4 Å². The summed E-state index contributed by atoms with van der Waals surface area (Å²) in [5.41, 5.74) is 0. The minimum atomic E-state index is -0.0633. The Morgan fingerprint density at radius 2 is 2.04 bits per heavy atom. The molecule has 7 nitrogen and oxygen atoms in total. The maximum absolute atomic E-state index is 12.2. The number of rotatable bonds is 6. The van der Waals surface area contributed by atoms with Crippen molar-refractivity contribution in [2.45, 2.75) is 12.5 Å². The average Bonchev–Trinajstić information content (AvgIpc) is 3.09. The Balaban J connectivity index is 1.45. The predicted octanol–water partition coefficient (Wildman–Crippen LogP) is 1.54. The van der Waals surface area contributed by atoms with Crippen LogP contribution in [0, 0.1) is 0 Å². The first-order valence-electron chi connectivity index (χ1n) is 7.72. The summed E-state index contributed by atoms with van der Waals surface area (Å²) in [6, 6.07) is 7.13. The Kier molecular flexibility index (Phi) is 5.10. The van der Waals surface area contributed by atoms with Crippen LogP contribution in [0.15, 0.2) is 42.9 Å². The molecule has 24 heavy (non-hydrogen) atoms. The first kappa shape index (κ1) is 16.0. The summed E-state index contributed by atoms with van der Waals surface area (Å²) < 4.78 is 16.3. The Hall–Kier alpha value is -2.83. The van der Waals surface area contributed by atoms with Crippen molar-refractivity contribution in [3.05, 3.63) is 42.9 Å². The molecule has 1 amide bonds. The smallest absolute Gasteiger partial charge is 0.260 e. The quantitative estimate of drug-likeness (QED) is 0.800. The zero-order valence-electron chi connectivity index (χ0n) is 13.4. The lowest BCUT2D eigenvalue weighted by Gasteiger charge is -2.17. The molecule has 1 saturated heterocycles. The van der Waals surface area contributed by atoms with E-state index in [1.165, 1.54) is 0 Å². The highest BCUT2D eigenvalue weighted by molar-refractivity contribution is 5.78. The van der Waals surface area contributed by atoms with Gasteiger partial charge in [-0.2, -0.15) is 0 Å². The van der Waals surface area contributed by atoms with Gasteiger partial charge in [0.15, 0.2) is 6.61 Å². The van der Waals surface area contributed by atoms with Gasteiger partial charge in [0.1, 0.15) is 17.6 Å². The number of nitrogens with zero attached hydrogens (tertiary/aromatic N) is 3. The fourth-order valence-electron chi connectivity index (χ4n) is 2.48. The SMILES string of the molecule is COc1ccc(OCC(=O)N2CCC(Oc3cnccn3)C2)cc1. The fourth-order valence-corrected chi connectivity index (χ4v) is 2.48. The van der Waals surface area contributed by atoms with Gasteiger partial charge in [-0.15, -0.1) is 0 Å². The normalized spacial score (nSPS) is 16.7. The molecule has 0 radical (unpaired) electrons. The minimum absolute atomic E-state index is 0.00416. The maximum Gasteiger partial charge on any atom is 0.260 e. The van der Waals surface area contributed by atoms with Crippen LogP contribution < -0.4 is 14.2 Å². The summed E-state index contributed by atoms with van der Waals surface area (Å²) in [4.78, 5) is 22.0. The van der Waals surface area contributed by atoms with Crippen LogP contribution in [-0.2, 0) is 4.79 Å². The van der Waals surface area contributed by atoms with Gasteiger partial charge >= 0.3 is 0 Å². The molecule has 3 rings (SSSR count). The van der Waals surface area contributed by atoms with E-state index in [1.54, 1.807) is 54.9 Å². The van der Waals surface area contributed by atoms with E-state index in [1.807, 2.05) is 0 Å². The zero-order chi connectivity index (χ0) is 16.8. The Bertz CT molecular complexity index is 663. The van der Waals surface area contributed by atoms with Crippen molar-refractivity contribution in [2.75, 3.05) is 26.8 Å². The standard InChI is InChI=1S/C17H19N3O4/c1-22-13-2-4-14(5-3-13)23-12-17(21)20-9-6-15(11-20)24-16-10-18-7-8-19-16/h2-5,7-8,10,15H,6,9,11-12H2,1H3. The first-order valence-corrected chi connectivity index (χ1v) is 7.72. The molecule has 1 aliphatic rings. The lowest BCUT2D eigenvalue weighted by atomic mass is 10.3. The summed E-state index contributed by atoms with van der Waals surface area (Å²) in [7, 11) is 1.60. The maximum atomic E-state index is 12.2. The molecule has 1 aromatic heterocycles. The number of hydrogen-bond donors (Lipinski definition) is 0. The molecule has 0 N–H and O–H groups in total. The van der Waals surface area contributed by atoms with Gasteiger partial charge in [0.2, 0.25) is 5.88 Å². The fraction of sp³-hybridized carbons (Fsp3) is 0.353. The molecule has 1 aliphatic heterocycles. The summed E-state index contributed by atoms with van der Waals surface area (Å²) in [5, 5.41) is 0. The third-order valence-corrected chi connectivity index (χ3v) is 3.75. The van der Waals surface area contributed by atoms with E-state index in [2.05, 4.69) is 9.97 Å². The average molecular weight is 329 g/mol. The van der Waals surface area contributed by atoms with Crippen molar-refractivity contribution in [3.8, 4) is 17.4 Å². The van der Waals surface area contributed by atoms with Gasteiger partial charge in [-0.05, 0) is 24.3 Å². The highest BCUT2D eigenvalue weighted by atomic mass is 16.5. The molecule has 2 heterocycles. The second-order valence-electron chi connectivity index (χ2n) is 5.38. The largest absolute Gasteiger partial charge is 0.497 e. The molecule has 1 aromatic carbocycles. The van der Waals surface area contributed by atoms with Gasteiger partial charge in [-0.3, -0.25) is 9.78 Å². The molecule has 1 unspecified atom stereocenters. The molecule has 0 bridgehead atoms. The lowest BCUT2D eigenvalue weighted by molar-refractivity contribution is -0.132. The van der Waals surface area contributed by atoms with Crippen LogP contribution in [0.4, 0.5) is 0 Å². The van der Waals surface area contributed by atoms with Crippen LogP contribution in [0.1, 0.15) is 6.42 Å². The number of amides is 1. The third-order valence-electron chi connectivity index (χ3n) is 3.75. The predicted molar refractivity (Wildman–Crippen MR) is 86.1 cm³/mol. The summed E-state index contributed by atoms with van der Waals surface area (Å²) in [5.74, 6) is 1.80. The molecule has 7 heteroatoms. The van der Waals surface area contributed by atoms with E-state index >= 15 is 0 Å². The van der Waals surface area contributed by atoms with Gasteiger partial charge in [-0.25, -0.2) is 4.98 Å². The minimum Gasteiger partial charge on any atom is -0.497 e. The number of carbonyl (C=O) groups excluding carboxylic acids is 1. The van der Waals surface area contributed by atoms with E-state index in [0.29, 0.717) is 24.7 Å².